The number of aromatic nitrogens is 2. The molecule has 5 aromatic rings. The average molecular weight is 505 g/mol. The first-order valence-electron chi connectivity index (χ1n) is 10.3. The fraction of sp³-hybridized carbons (Fsp3) is 0.0800. The van der Waals surface area contributed by atoms with Crippen LogP contribution in [0.5, 0.6) is 5.75 Å². The Hall–Kier alpha value is -3.40. The minimum absolute atomic E-state index is 0.256. The molecule has 170 valence electrons. The number of carbonyl (C=O) groups is 1. The zero-order valence-corrected chi connectivity index (χ0v) is 20.7. The number of nitrogen functional groups attached to an aromatic ring is 1. The summed E-state index contributed by atoms with van der Waals surface area (Å²) in [6.45, 7) is 3.74. The molecular formula is C25H20N4O2S3. The molecule has 3 N–H and O–H groups in total. The van der Waals surface area contributed by atoms with Gasteiger partial charge in [-0.25, -0.2) is 9.97 Å². The van der Waals surface area contributed by atoms with Gasteiger partial charge in [-0.05, 0) is 42.5 Å². The minimum atomic E-state index is -0.256. The van der Waals surface area contributed by atoms with Crippen LogP contribution < -0.4 is 15.8 Å². The van der Waals surface area contributed by atoms with Gasteiger partial charge in [0.2, 0.25) is 0 Å². The maximum absolute atomic E-state index is 13.1. The molecule has 2 aromatic carbocycles. The van der Waals surface area contributed by atoms with Crippen LogP contribution in [0.15, 0.2) is 71.6 Å². The summed E-state index contributed by atoms with van der Waals surface area (Å²) in [5, 5.41) is 3.74. The quantitative estimate of drug-likeness (QED) is 0.189. The molecule has 0 saturated carbocycles. The van der Waals surface area contributed by atoms with Crippen LogP contribution in [0.3, 0.4) is 0 Å². The molecule has 1 amide bonds. The summed E-state index contributed by atoms with van der Waals surface area (Å²) in [6.07, 6.45) is 1.85. The smallest absolute Gasteiger partial charge is 0.267 e. The lowest BCUT2D eigenvalue weighted by molar-refractivity contribution is 0.103. The van der Waals surface area contributed by atoms with Crippen molar-refractivity contribution in [2.75, 3.05) is 23.9 Å². The van der Waals surface area contributed by atoms with E-state index < -0.39 is 0 Å². The fourth-order valence-corrected chi connectivity index (χ4v) is 6.33. The predicted molar refractivity (Wildman–Crippen MR) is 145 cm³/mol. The Morgan fingerprint density at radius 2 is 2.06 bits per heavy atom. The van der Waals surface area contributed by atoms with Gasteiger partial charge >= 0.3 is 0 Å². The summed E-state index contributed by atoms with van der Waals surface area (Å²) in [5.74, 6) is 1.31. The zero-order valence-electron chi connectivity index (χ0n) is 18.2. The summed E-state index contributed by atoms with van der Waals surface area (Å²) in [4.78, 5) is 23.6. The number of benzene rings is 2. The number of hydrogen-bond donors (Lipinski definition) is 2. The highest BCUT2D eigenvalue weighted by Crippen LogP contribution is 2.36. The van der Waals surface area contributed by atoms with Crippen LogP contribution in [0.2, 0.25) is 0 Å². The van der Waals surface area contributed by atoms with Gasteiger partial charge in [0.1, 0.15) is 15.5 Å². The number of amides is 1. The molecule has 5 rings (SSSR count). The summed E-state index contributed by atoms with van der Waals surface area (Å²) >= 11 is 4.52. The van der Waals surface area contributed by atoms with Gasteiger partial charge in [-0.1, -0.05) is 30.0 Å². The SMILES string of the molecule is C=CCSc1nc2ccc(NC(=O)c3sc4nc(-c5cccc(OC)c5)ccc4c3N)cc2s1. The second-order valence-electron chi connectivity index (χ2n) is 7.34. The average Bonchev–Trinajstić information content (AvgIpc) is 3.42. The number of pyridine rings is 1. The molecule has 6 nitrogen and oxygen atoms in total. The molecule has 0 spiro atoms. The number of thioether (sulfide) groups is 1. The first-order chi connectivity index (χ1) is 16.6. The molecular weight excluding hydrogens is 485 g/mol. The standard InChI is InChI=1S/C25H20N4O2S3/c1-3-11-32-25-29-19-9-7-15(13-20(19)33-25)27-23(30)22-21(26)17-8-10-18(28-24(17)34-22)14-5-4-6-16(12-14)31-2/h3-10,12-13H,1,11,26H2,2H3,(H,27,30). The molecule has 0 aliphatic carbocycles. The van der Waals surface area contributed by atoms with Crippen LogP contribution in [-0.4, -0.2) is 28.7 Å². The molecule has 3 aromatic heterocycles. The number of thiazole rings is 1. The monoisotopic (exact) mass is 504 g/mol. The number of nitrogens with zero attached hydrogens (tertiary/aromatic N) is 2. The number of hydrogen-bond acceptors (Lipinski definition) is 8. The Morgan fingerprint density at radius 3 is 2.88 bits per heavy atom. The van der Waals surface area contributed by atoms with Gasteiger partial charge in [-0.15, -0.1) is 29.3 Å². The van der Waals surface area contributed by atoms with Crippen molar-refractivity contribution in [2.24, 2.45) is 0 Å². The van der Waals surface area contributed by atoms with Crippen molar-refractivity contribution in [2.45, 2.75) is 4.34 Å². The number of ether oxygens (including phenoxy) is 1. The number of anilines is 2. The molecule has 0 fully saturated rings. The molecule has 0 aliphatic heterocycles. The van der Waals surface area contributed by atoms with Gasteiger partial charge in [0.05, 0.1) is 28.7 Å². The third kappa shape index (κ3) is 4.37. The lowest BCUT2D eigenvalue weighted by atomic mass is 10.1. The Labute approximate surface area is 208 Å². The number of methoxy groups -OCH3 is 1. The highest BCUT2D eigenvalue weighted by Gasteiger charge is 2.18. The van der Waals surface area contributed by atoms with Gasteiger partial charge < -0.3 is 15.8 Å². The van der Waals surface area contributed by atoms with Crippen molar-refractivity contribution in [3.05, 3.63) is 72.1 Å². The van der Waals surface area contributed by atoms with E-state index in [2.05, 4.69) is 16.9 Å². The van der Waals surface area contributed by atoms with E-state index >= 15 is 0 Å². The summed E-state index contributed by atoms with van der Waals surface area (Å²) in [6, 6.07) is 17.2. The number of carbonyl (C=O) groups excluding carboxylic acids is 1. The molecule has 0 radical (unpaired) electrons. The van der Waals surface area contributed by atoms with Gasteiger partial charge in [0, 0.05) is 22.4 Å². The van der Waals surface area contributed by atoms with E-state index in [1.165, 1.54) is 11.3 Å². The number of rotatable bonds is 7. The van der Waals surface area contributed by atoms with Crippen LogP contribution in [0.1, 0.15) is 9.67 Å². The van der Waals surface area contributed by atoms with E-state index in [1.54, 1.807) is 30.2 Å². The normalized spacial score (nSPS) is 11.1. The Balaban J connectivity index is 1.41. The lowest BCUT2D eigenvalue weighted by Crippen LogP contribution is -2.11. The second kappa shape index (κ2) is 9.46. The summed E-state index contributed by atoms with van der Waals surface area (Å²) in [7, 11) is 1.63. The largest absolute Gasteiger partial charge is 0.497 e. The second-order valence-corrected chi connectivity index (χ2v) is 10.6. The molecule has 0 aliphatic rings. The van der Waals surface area contributed by atoms with Crippen molar-refractivity contribution in [3.63, 3.8) is 0 Å². The Morgan fingerprint density at radius 1 is 1.18 bits per heavy atom. The van der Waals surface area contributed by atoms with Gasteiger partial charge in [0.25, 0.3) is 5.91 Å². The highest BCUT2D eigenvalue weighted by atomic mass is 32.2. The lowest BCUT2D eigenvalue weighted by Gasteiger charge is -2.04. The van der Waals surface area contributed by atoms with E-state index in [4.69, 9.17) is 15.5 Å². The minimum Gasteiger partial charge on any atom is -0.497 e. The van der Waals surface area contributed by atoms with Gasteiger partial charge in [-0.2, -0.15) is 0 Å². The van der Waals surface area contributed by atoms with Crippen molar-refractivity contribution < 1.29 is 9.53 Å². The molecule has 0 unspecified atom stereocenters. The molecule has 0 bridgehead atoms. The first kappa shape index (κ1) is 22.4. The molecule has 3 heterocycles. The predicted octanol–water partition coefficient (Wildman–Crippen LogP) is 6.69. The number of nitrogens with two attached hydrogens (primary N) is 1. The van der Waals surface area contributed by atoms with E-state index in [0.717, 1.165) is 42.7 Å². The number of nitrogens with one attached hydrogen (secondary N) is 1. The maximum Gasteiger partial charge on any atom is 0.267 e. The molecule has 0 atom stereocenters. The summed E-state index contributed by atoms with van der Waals surface area (Å²) < 4.78 is 7.30. The van der Waals surface area contributed by atoms with E-state index in [-0.39, 0.29) is 5.91 Å². The topological polar surface area (TPSA) is 90.1 Å². The van der Waals surface area contributed by atoms with Crippen LogP contribution >= 0.6 is 34.4 Å². The van der Waals surface area contributed by atoms with Gasteiger partial charge in [-0.3, -0.25) is 4.79 Å². The van der Waals surface area contributed by atoms with E-state index in [1.807, 2.05) is 60.7 Å². The van der Waals surface area contributed by atoms with Crippen LogP contribution in [0.4, 0.5) is 11.4 Å². The fourth-order valence-electron chi connectivity index (χ4n) is 3.47. The van der Waals surface area contributed by atoms with Gasteiger partial charge in [0.15, 0.2) is 4.34 Å². The first-order valence-corrected chi connectivity index (χ1v) is 13.0. The van der Waals surface area contributed by atoms with Crippen LogP contribution in [0, 0.1) is 0 Å². The molecule has 0 saturated heterocycles. The zero-order chi connectivity index (χ0) is 23.7. The Bertz CT molecular complexity index is 1540. The summed E-state index contributed by atoms with van der Waals surface area (Å²) in [5.41, 5.74) is 10.1. The number of thiophene rings is 1. The molecule has 34 heavy (non-hydrogen) atoms. The van der Waals surface area contributed by atoms with E-state index in [9.17, 15) is 4.79 Å². The number of fused-ring (bicyclic) bond motifs is 2. The van der Waals surface area contributed by atoms with Crippen molar-refractivity contribution in [1.29, 1.82) is 0 Å². The third-order valence-corrected chi connectivity index (χ3v) is 8.39. The van der Waals surface area contributed by atoms with Crippen LogP contribution in [0.25, 0.3) is 31.7 Å². The van der Waals surface area contributed by atoms with Crippen molar-refractivity contribution in [3.8, 4) is 17.0 Å². The highest BCUT2D eigenvalue weighted by molar-refractivity contribution is 8.01. The Kier molecular flexibility index (Phi) is 6.23. The maximum atomic E-state index is 13.1. The van der Waals surface area contributed by atoms with Crippen molar-refractivity contribution in [1.82, 2.24) is 9.97 Å². The molecule has 9 heteroatoms. The van der Waals surface area contributed by atoms with Crippen molar-refractivity contribution >= 4 is 72.2 Å². The van der Waals surface area contributed by atoms with E-state index in [0.29, 0.717) is 21.1 Å². The third-order valence-electron chi connectivity index (χ3n) is 5.12. The van der Waals surface area contributed by atoms with Crippen LogP contribution in [-0.2, 0) is 0 Å².